The number of hydrogen-bond donors (Lipinski definition) is 1. The molecule has 4 heteroatoms. The van der Waals surface area contributed by atoms with Crippen molar-refractivity contribution >= 4 is 0 Å². The fourth-order valence-corrected chi connectivity index (χ4v) is 3.44. The van der Waals surface area contributed by atoms with Gasteiger partial charge in [0, 0.05) is 31.8 Å². The van der Waals surface area contributed by atoms with Crippen LogP contribution in [0.4, 0.5) is 0 Å². The predicted octanol–water partition coefficient (Wildman–Crippen LogP) is 0.864. The van der Waals surface area contributed by atoms with Gasteiger partial charge in [-0.3, -0.25) is 4.90 Å². The molecular formula is C14H26N2O2. The summed E-state index contributed by atoms with van der Waals surface area (Å²) < 4.78 is 11.4. The van der Waals surface area contributed by atoms with E-state index < -0.39 is 0 Å². The first-order chi connectivity index (χ1) is 8.83. The molecule has 0 radical (unpaired) electrons. The Morgan fingerprint density at radius 3 is 3.11 bits per heavy atom. The SMILES string of the molecule is CC(NCC1CN2CCCC2CO1)C1CCOC1. The fraction of sp³-hybridized carbons (Fsp3) is 1.00. The van der Waals surface area contributed by atoms with Crippen LogP contribution in [0, 0.1) is 5.92 Å². The van der Waals surface area contributed by atoms with E-state index in [9.17, 15) is 0 Å². The number of rotatable bonds is 4. The van der Waals surface area contributed by atoms with Crippen molar-refractivity contribution in [2.45, 2.75) is 44.4 Å². The van der Waals surface area contributed by atoms with Crippen molar-refractivity contribution in [1.29, 1.82) is 0 Å². The molecule has 4 nitrogen and oxygen atoms in total. The Hall–Kier alpha value is -0.160. The zero-order valence-electron chi connectivity index (χ0n) is 11.4. The highest BCUT2D eigenvalue weighted by Crippen LogP contribution is 2.22. The van der Waals surface area contributed by atoms with Gasteiger partial charge in [0.15, 0.2) is 0 Å². The van der Waals surface area contributed by atoms with Gasteiger partial charge in [-0.25, -0.2) is 0 Å². The van der Waals surface area contributed by atoms with Gasteiger partial charge < -0.3 is 14.8 Å². The van der Waals surface area contributed by atoms with Crippen molar-refractivity contribution in [3.8, 4) is 0 Å². The lowest BCUT2D eigenvalue weighted by atomic mass is 10.0. The standard InChI is InChI=1S/C14H26N2O2/c1-11(12-4-6-17-9-12)15-7-14-8-16-5-2-3-13(16)10-18-14/h11-15H,2-10H2,1H3. The topological polar surface area (TPSA) is 33.7 Å². The minimum absolute atomic E-state index is 0.379. The normalized spacial score (nSPS) is 38.8. The second kappa shape index (κ2) is 5.87. The molecule has 18 heavy (non-hydrogen) atoms. The zero-order chi connectivity index (χ0) is 12.4. The van der Waals surface area contributed by atoms with Crippen molar-refractivity contribution in [2.75, 3.05) is 39.5 Å². The van der Waals surface area contributed by atoms with Gasteiger partial charge in [0.05, 0.1) is 19.3 Å². The van der Waals surface area contributed by atoms with E-state index in [-0.39, 0.29) is 0 Å². The molecule has 1 N–H and O–H groups in total. The van der Waals surface area contributed by atoms with E-state index in [0.29, 0.717) is 24.1 Å². The molecule has 0 aliphatic carbocycles. The molecule has 4 unspecified atom stereocenters. The van der Waals surface area contributed by atoms with Crippen LogP contribution < -0.4 is 5.32 Å². The van der Waals surface area contributed by atoms with Crippen LogP contribution in [0.3, 0.4) is 0 Å². The molecule has 0 aromatic heterocycles. The van der Waals surface area contributed by atoms with Gasteiger partial charge in [-0.1, -0.05) is 0 Å². The van der Waals surface area contributed by atoms with Crippen LogP contribution in [0.5, 0.6) is 0 Å². The highest BCUT2D eigenvalue weighted by Gasteiger charge is 2.32. The van der Waals surface area contributed by atoms with Gasteiger partial charge >= 0.3 is 0 Å². The van der Waals surface area contributed by atoms with Gasteiger partial charge in [-0.05, 0) is 38.6 Å². The minimum atomic E-state index is 0.379. The molecule has 3 fully saturated rings. The first-order valence-electron chi connectivity index (χ1n) is 7.49. The highest BCUT2D eigenvalue weighted by molar-refractivity contribution is 4.86. The van der Waals surface area contributed by atoms with E-state index in [1.54, 1.807) is 0 Å². The van der Waals surface area contributed by atoms with Gasteiger partial charge in [-0.15, -0.1) is 0 Å². The molecule has 0 bridgehead atoms. The Morgan fingerprint density at radius 2 is 2.28 bits per heavy atom. The average molecular weight is 254 g/mol. The fourth-order valence-electron chi connectivity index (χ4n) is 3.44. The molecule has 0 saturated carbocycles. The molecule has 0 aromatic carbocycles. The van der Waals surface area contributed by atoms with E-state index in [1.165, 1.54) is 25.8 Å². The van der Waals surface area contributed by atoms with Crippen molar-refractivity contribution < 1.29 is 9.47 Å². The Labute approximate surface area is 110 Å². The molecule has 3 saturated heterocycles. The predicted molar refractivity (Wildman–Crippen MR) is 70.7 cm³/mol. The summed E-state index contributed by atoms with van der Waals surface area (Å²) in [5.74, 6) is 0.688. The number of morpholine rings is 1. The first kappa shape index (κ1) is 12.9. The number of ether oxygens (including phenoxy) is 2. The molecular weight excluding hydrogens is 228 g/mol. The van der Waals surface area contributed by atoms with Crippen LogP contribution in [0.1, 0.15) is 26.2 Å². The summed E-state index contributed by atoms with van der Waals surface area (Å²) in [5, 5.41) is 3.64. The Bertz CT molecular complexity index is 269. The maximum atomic E-state index is 5.97. The van der Waals surface area contributed by atoms with Crippen molar-refractivity contribution in [2.24, 2.45) is 5.92 Å². The Kier molecular flexibility index (Phi) is 4.19. The summed E-state index contributed by atoms with van der Waals surface area (Å²) in [6, 6.07) is 1.26. The number of nitrogens with one attached hydrogen (secondary N) is 1. The molecule has 0 aromatic rings. The third kappa shape index (κ3) is 2.87. The summed E-state index contributed by atoms with van der Waals surface area (Å²) in [4.78, 5) is 2.61. The molecule has 4 atom stereocenters. The van der Waals surface area contributed by atoms with E-state index in [4.69, 9.17) is 9.47 Å². The van der Waals surface area contributed by atoms with Crippen molar-refractivity contribution in [3.63, 3.8) is 0 Å². The van der Waals surface area contributed by atoms with E-state index >= 15 is 0 Å². The Balaban J connectivity index is 1.40. The smallest absolute Gasteiger partial charge is 0.0827 e. The first-order valence-corrected chi connectivity index (χ1v) is 7.49. The van der Waals surface area contributed by atoms with Gasteiger partial charge in [0.25, 0.3) is 0 Å². The quantitative estimate of drug-likeness (QED) is 0.807. The summed E-state index contributed by atoms with van der Waals surface area (Å²) in [7, 11) is 0. The maximum Gasteiger partial charge on any atom is 0.0827 e. The van der Waals surface area contributed by atoms with Crippen LogP contribution in [-0.4, -0.2) is 62.5 Å². The molecule has 0 amide bonds. The van der Waals surface area contributed by atoms with Crippen molar-refractivity contribution in [3.05, 3.63) is 0 Å². The van der Waals surface area contributed by atoms with E-state index in [2.05, 4.69) is 17.1 Å². The zero-order valence-corrected chi connectivity index (χ0v) is 11.4. The second-order valence-electron chi connectivity index (χ2n) is 6.07. The monoisotopic (exact) mass is 254 g/mol. The molecule has 104 valence electrons. The van der Waals surface area contributed by atoms with Crippen LogP contribution in [0.2, 0.25) is 0 Å². The summed E-state index contributed by atoms with van der Waals surface area (Å²) in [5.41, 5.74) is 0. The van der Waals surface area contributed by atoms with Gasteiger partial charge in [-0.2, -0.15) is 0 Å². The molecule has 3 aliphatic rings. The number of nitrogens with zero attached hydrogens (tertiary/aromatic N) is 1. The highest BCUT2D eigenvalue weighted by atomic mass is 16.5. The van der Waals surface area contributed by atoms with E-state index in [0.717, 1.165) is 32.9 Å². The van der Waals surface area contributed by atoms with Crippen LogP contribution >= 0.6 is 0 Å². The molecule has 3 heterocycles. The summed E-state index contributed by atoms with van der Waals surface area (Å²) >= 11 is 0. The number of hydrogen-bond acceptors (Lipinski definition) is 4. The summed E-state index contributed by atoms with van der Waals surface area (Å²) in [6.07, 6.45) is 4.26. The lowest BCUT2D eigenvalue weighted by molar-refractivity contribution is -0.0482. The molecule has 3 rings (SSSR count). The Morgan fingerprint density at radius 1 is 1.33 bits per heavy atom. The third-order valence-corrected chi connectivity index (χ3v) is 4.80. The van der Waals surface area contributed by atoms with Crippen LogP contribution in [-0.2, 0) is 9.47 Å². The average Bonchev–Trinajstić information content (AvgIpc) is 3.05. The molecule has 3 aliphatic heterocycles. The second-order valence-corrected chi connectivity index (χ2v) is 6.07. The maximum absolute atomic E-state index is 5.97. The van der Waals surface area contributed by atoms with E-state index in [1.807, 2.05) is 0 Å². The van der Waals surface area contributed by atoms with Crippen LogP contribution in [0.25, 0.3) is 0 Å². The van der Waals surface area contributed by atoms with Crippen LogP contribution in [0.15, 0.2) is 0 Å². The lowest BCUT2D eigenvalue weighted by Crippen LogP contribution is -2.51. The van der Waals surface area contributed by atoms with Crippen molar-refractivity contribution in [1.82, 2.24) is 10.2 Å². The lowest BCUT2D eigenvalue weighted by Gasteiger charge is -2.36. The third-order valence-electron chi connectivity index (χ3n) is 4.80. The largest absolute Gasteiger partial charge is 0.381 e. The van der Waals surface area contributed by atoms with Gasteiger partial charge in [0.2, 0.25) is 0 Å². The summed E-state index contributed by atoms with van der Waals surface area (Å²) in [6.45, 7) is 8.46. The van der Waals surface area contributed by atoms with Gasteiger partial charge in [0.1, 0.15) is 0 Å². The number of fused-ring (bicyclic) bond motifs is 1. The molecule has 0 spiro atoms. The minimum Gasteiger partial charge on any atom is -0.381 e.